The average Bonchev–Trinajstić information content (AvgIpc) is 2.79. The number of carbonyl (C=O) groups is 2. The largest absolute Gasteiger partial charge is 0.493 e. The standard InChI is InChI=1S/C22H22N4O4/c1-14(17-10-15-6-4-5-7-18(15)23-12-17)25-26-21(27)13-24-22(28)16-8-9-19(29-2)20(11-16)30-3/h4-12H,13H2,1-3H3,(H,24,28)(H,26,27)/b25-14+. The molecule has 3 aromatic rings. The molecule has 2 aromatic carbocycles. The van der Waals surface area contributed by atoms with E-state index in [-0.39, 0.29) is 6.54 Å². The van der Waals surface area contributed by atoms with E-state index >= 15 is 0 Å². The van der Waals surface area contributed by atoms with E-state index in [2.05, 4.69) is 20.8 Å². The van der Waals surface area contributed by atoms with Crippen LogP contribution in [0.2, 0.25) is 0 Å². The molecule has 2 N–H and O–H groups in total. The normalized spacial score (nSPS) is 11.1. The first-order valence-electron chi connectivity index (χ1n) is 9.20. The minimum atomic E-state index is -0.447. The zero-order valence-corrected chi connectivity index (χ0v) is 16.9. The number of amides is 2. The predicted octanol–water partition coefficient (Wildman–Crippen LogP) is 2.52. The van der Waals surface area contributed by atoms with Crippen LogP contribution < -0.4 is 20.2 Å². The number of nitrogens with zero attached hydrogens (tertiary/aromatic N) is 2. The number of ether oxygens (including phenoxy) is 2. The highest BCUT2D eigenvalue weighted by molar-refractivity contribution is 6.01. The summed E-state index contributed by atoms with van der Waals surface area (Å²) >= 11 is 0. The van der Waals surface area contributed by atoms with Crippen LogP contribution in [0.1, 0.15) is 22.8 Å². The van der Waals surface area contributed by atoms with E-state index < -0.39 is 11.8 Å². The molecule has 0 spiro atoms. The van der Waals surface area contributed by atoms with Crippen LogP contribution in [0.5, 0.6) is 11.5 Å². The van der Waals surface area contributed by atoms with Gasteiger partial charge in [-0.25, -0.2) is 5.43 Å². The number of methoxy groups -OCH3 is 2. The second-order valence-corrected chi connectivity index (χ2v) is 6.40. The maximum Gasteiger partial charge on any atom is 0.259 e. The Morgan fingerprint density at radius 2 is 1.77 bits per heavy atom. The van der Waals surface area contributed by atoms with E-state index in [1.807, 2.05) is 30.3 Å². The third-order valence-corrected chi connectivity index (χ3v) is 4.41. The van der Waals surface area contributed by atoms with Gasteiger partial charge in [-0.05, 0) is 37.3 Å². The number of hydrazone groups is 1. The second-order valence-electron chi connectivity index (χ2n) is 6.40. The maximum atomic E-state index is 12.3. The van der Waals surface area contributed by atoms with Gasteiger partial charge < -0.3 is 14.8 Å². The third-order valence-electron chi connectivity index (χ3n) is 4.41. The summed E-state index contributed by atoms with van der Waals surface area (Å²) in [4.78, 5) is 28.7. The maximum absolute atomic E-state index is 12.3. The molecular formula is C22H22N4O4. The molecule has 1 heterocycles. The Hall–Kier alpha value is -3.94. The van der Waals surface area contributed by atoms with Crippen molar-refractivity contribution in [3.8, 4) is 11.5 Å². The molecule has 0 unspecified atom stereocenters. The van der Waals surface area contributed by atoms with Gasteiger partial charge in [0, 0.05) is 22.7 Å². The van der Waals surface area contributed by atoms with Crippen LogP contribution in [-0.2, 0) is 4.79 Å². The fourth-order valence-electron chi connectivity index (χ4n) is 2.76. The van der Waals surface area contributed by atoms with Gasteiger partial charge in [-0.2, -0.15) is 5.10 Å². The Morgan fingerprint density at radius 1 is 1.00 bits per heavy atom. The van der Waals surface area contributed by atoms with Crippen molar-refractivity contribution < 1.29 is 19.1 Å². The number of aromatic nitrogens is 1. The first kappa shape index (κ1) is 20.8. The lowest BCUT2D eigenvalue weighted by atomic mass is 10.1. The number of rotatable bonds is 7. The van der Waals surface area contributed by atoms with Crippen molar-refractivity contribution in [2.24, 2.45) is 5.10 Å². The molecule has 8 heteroatoms. The number of hydrogen-bond acceptors (Lipinski definition) is 6. The number of para-hydroxylation sites is 1. The van der Waals surface area contributed by atoms with Gasteiger partial charge >= 0.3 is 0 Å². The number of carbonyl (C=O) groups excluding carboxylic acids is 2. The molecule has 0 aliphatic carbocycles. The molecule has 154 valence electrons. The minimum Gasteiger partial charge on any atom is -0.493 e. The van der Waals surface area contributed by atoms with Crippen LogP contribution in [0.25, 0.3) is 10.9 Å². The van der Waals surface area contributed by atoms with Gasteiger partial charge in [0.05, 0.1) is 32.0 Å². The highest BCUT2D eigenvalue weighted by Gasteiger charge is 2.12. The Morgan fingerprint density at radius 3 is 2.53 bits per heavy atom. The molecule has 3 rings (SSSR count). The average molecular weight is 406 g/mol. The third kappa shape index (κ3) is 4.91. The van der Waals surface area contributed by atoms with Crippen molar-refractivity contribution >= 4 is 28.4 Å². The fourth-order valence-corrected chi connectivity index (χ4v) is 2.76. The van der Waals surface area contributed by atoms with Gasteiger partial charge in [-0.1, -0.05) is 18.2 Å². The lowest BCUT2D eigenvalue weighted by Crippen LogP contribution is -2.35. The van der Waals surface area contributed by atoms with Crippen molar-refractivity contribution in [2.45, 2.75) is 6.92 Å². The lowest BCUT2D eigenvalue weighted by molar-refractivity contribution is -0.120. The van der Waals surface area contributed by atoms with Gasteiger partial charge in [0.25, 0.3) is 11.8 Å². The summed E-state index contributed by atoms with van der Waals surface area (Å²) in [6.45, 7) is 1.55. The van der Waals surface area contributed by atoms with Crippen molar-refractivity contribution in [1.29, 1.82) is 0 Å². The van der Waals surface area contributed by atoms with E-state index in [0.717, 1.165) is 16.5 Å². The summed E-state index contributed by atoms with van der Waals surface area (Å²) in [7, 11) is 3.00. The highest BCUT2D eigenvalue weighted by Crippen LogP contribution is 2.27. The van der Waals surface area contributed by atoms with Gasteiger partial charge in [-0.3, -0.25) is 14.6 Å². The van der Waals surface area contributed by atoms with Gasteiger partial charge in [-0.15, -0.1) is 0 Å². The zero-order valence-electron chi connectivity index (χ0n) is 16.9. The van der Waals surface area contributed by atoms with Gasteiger partial charge in [0.15, 0.2) is 11.5 Å². The van der Waals surface area contributed by atoms with Gasteiger partial charge in [0.1, 0.15) is 0 Å². The number of hydrogen-bond donors (Lipinski definition) is 2. The Balaban J connectivity index is 1.57. The fraction of sp³-hybridized carbons (Fsp3) is 0.182. The summed E-state index contributed by atoms with van der Waals surface area (Å²) in [6, 6.07) is 14.4. The molecule has 0 saturated heterocycles. The van der Waals surface area contributed by atoms with Crippen LogP contribution in [-0.4, -0.2) is 43.3 Å². The molecule has 0 bridgehead atoms. The van der Waals surface area contributed by atoms with Crippen molar-refractivity contribution in [2.75, 3.05) is 20.8 Å². The summed E-state index contributed by atoms with van der Waals surface area (Å²) < 4.78 is 10.3. The zero-order chi connectivity index (χ0) is 21.5. The van der Waals surface area contributed by atoms with E-state index in [9.17, 15) is 9.59 Å². The smallest absolute Gasteiger partial charge is 0.259 e. The summed E-state index contributed by atoms with van der Waals surface area (Å²) in [5, 5.41) is 7.62. The molecule has 2 amide bonds. The molecule has 1 aromatic heterocycles. The predicted molar refractivity (Wildman–Crippen MR) is 114 cm³/mol. The second kappa shape index (κ2) is 9.51. The minimum absolute atomic E-state index is 0.222. The Bertz CT molecular complexity index is 1110. The van der Waals surface area contributed by atoms with Crippen LogP contribution in [0.4, 0.5) is 0 Å². The van der Waals surface area contributed by atoms with Crippen LogP contribution in [0.3, 0.4) is 0 Å². The monoisotopic (exact) mass is 406 g/mol. The molecule has 0 aliphatic rings. The highest BCUT2D eigenvalue weighted by atomic mass is 16.5. The summed E-state index contributed by atoms with van der Waals surface area (Å²) in [5.74, 6) is 0.0843. The molecule has 30 heavy (non-hydrogen) atoms. The molecular weight excluding hydrogens is 384 g/mol. The van der Waals surface area contributed by atoms with Gasteiger partial charge in [0.2, 0.25) is 0 Å². The topological polar surface area (TPSA) is 102 Å². The van der Waals surface area contributed by atoms with Crippen molar-refractivity contribution in [1.82, 2.24) is 15.7 Å². The summed E-state index contributed by atoms with van der Waals surface area (Å²) in [6.07, 6.45) is 1.70. The molecule has 0 fully saturated rings. The molecule has 0 radical (unpaired) electrons. The van der Waals surface area contributed by atoms with E-state index in [1.54, 1.807) is 31.3 Å². The van der Waals surface area contributed by atoms with Crippen LogP contribution in [0, 0.1) is 0 Å². The van der Waals surface area contributed by atoms with Crippen LogP contribution >= 0.6 is 0 Å². The van der Waals surface area contributed by atoms with Crippen molar-refractivity contribution in [3.63, 3.8) is 0 Å². The number of fused-ring (bicyclic) bond motifs is 1. The molecule has 0 saturated carbocycles. The van der Waals surface area contributed by atoms with E-state index in [0.29, 0.717) is 22.8 Å². The number of nitrogens with one attached hydrogen (secondary N) is 2. The Kier molecular flexibility index (Phi) is 6.59. The van der Waals surface area contributed by atoms with Crippen molar-refractivity contribution in [3.05, 3.63) is 65.9 Å². The quantitative estimate of drug-likeness (QED) is 0.464. The first-order chi connectivity index (χ1) is 14.5. The lowest BCUT2D eigenvalue weighted by Gasteiger charge is -2.10. The number of pyridine rings is 1. The molecule has 0 aliphatic heterocycles. The molecule has 8 nitrogen and oxygen atoms in total. The van der Waals surface area contributed by atoms with E-state index in [1.165, 1.54) is 14.2 Å². The summed E-state index contributed by atoms with van der Waals surface area (Å²) in [5.41, 5.74) is 5.07. The van der Waals surface area contributed by atoms with E-state index in [4.69, 9.17) is 9.47 Å². The molecule has 0 atom stereocenters. The Labute approximate surface area is 173 Å². The number of benzene rings is 2. The van der Waals surface area contributed by atoms with Crippen LogP contribution in [0.15, 0.2) is 59.8 Å². The SMILES string of the molecule is COc1ccc(C(=O)NCC(=O)N/N=C(\C)c2cnc3ccccc3c2)cc1OC. The first-order valence-corrected chi connectivity index (χ1v) is 9.20.